The van der Waals surface area contributed by atoms with Crippen LogP contribution in [-0.4, -0.2) is 7.11 Å². The SMILES string of the molecule is CC[C@H]1CCC2C3CC=C4C=C(OC)CC[C@]4(C)C3CC[C@@]21C. The van der Waals surface area contributed by atoms with Gasteiger partial charge in [-0.2, -0.15) is 0 Å². The number of fused-ring (bicyclic) bond motifs is 5. The van der Waals surface area contributed by atoms with Crippen LogP contribution in [0.3, 0.4) is 0 Å². The van der Waals surface area contributed by atoms with Crippen molar-refractivity contribution in [3.05, 3.63) is 23.5 Å². The Bertz CT molecular complexity index is 544. The summed E-state index contributed by atoms with van der Waals surface area (Å²) in [6.07, 6.45) is 16.0. The van der Waals surface area contributed by atoms with E-state index in [9.17, 15) is 0 Å². The molecule has 0 bridgehead atoms. The Morgan fingerprint density at radius 2 is 1.96 bits per heavy atom. The summed E-state index contributed by atoms with van der Waals surface area (Å²) in [5, 5.41) is 0. The van der Waals surface area contributed by atoms with Crippen LogP contribution in [0.15, 0.2) is 23.5 Å². The Morgan fingerprint density at radius 1 is 1.13 bits per heavy atom. The van der Waals surface area contributed by atoms with E-state index < -0.39 is 0 Å². The molecular formula is C22H34O. The highest BCUT2D eigenvalue weighted by atomic mass is 16.5. The first-order chi connectivity index (χ1) is 11.0. The van der Waals surface area contributed by atoms with Gasteiger partial charge in [0, 0.05) is 6.42 Å². The van der Waals surface area contributed by atoms with Gasteiger partial charge in [0.2, 0.25) is 0 Å². The third-order valence-corrected chi connectivity index (χ3v) is 8.68. The van der Waals surface area contributed by atoms with Gasteiger partial charge in [0.1, 0.15) is 0 Å². The topological polar surface area (TPSA) is 9.23 Å². The Morgan fingerprint density at radius 3 is 2.70 bits per heavy atom. The minimum atomic E-state index is 0.413. The van der Waals surface area contributed by atoms with Crippen LogP contribution < -0.4 is 0 Å². The van der Waals surface area contributed by atoms with Crippen molar-refractivity contribution in [3.8, 4) is 0 Å². The monoisotopic (exact) mass is 314 g/mol. The molecule has 0 aromatic rings. The second-order valence-corrected chi connectivity index (χ2v) is 9.23. The molecule has 4 aliphatic carbocycles. The fourth-order valence-corrected chi connectivity index (χ4v) is 7.24. The van der Waals surface area contributed by atoms with E-state index in [2.05, 4.69) is 32.9 Å². The van der Waals surface area contributed by atoms with Crippen molar-refractivity contribution in [2.24, 2.45) is 34.5 Å². The minimum absolute atomic E-state index is 0.413. The van der Waals surface area contributed by atoms with E-state index in [0.717, 1.165) is 30.1 Å². The maximum absolute atomic E-state index is 5.56. The molecule has 0 aromatic carbocycles. The summed E-state index contributed by atoms with van der Waals surface area (Å²) in [5.74, 6) is 5.01. The Labute approximate surface area is 142 Å². The first-order valence-electron chi connectivity index (χ1n) is 9.98. The van der Waals surface area contributed by atoms with Crippen molar-refractivity contribution in [1.82, 2.24) is 0 Å². The molecule has 2 saturated carbocycles. The molecule has 6 atom stereocenters. The van der Waals surface area contributed by atoms with E-state index in [1.165, 1.54) is 50.7 Å². The number of allylic oxidation sites excluding steroid dienone is 4. The molecule has 2 fully saturated rings. The Kier molecular flexibility index (Phi) is 3.70. The van der Waals surface area contributed by atoms with Crippen molar-refractivity contribution in [1.29, 1.82) is 0 Å². The molecule has 23 heavy (non-hydrogen) atoms. The number of rotatable bonds is 2. The van der Waals surface area contributed by atoms with E-state index in [1.807, 2.05) is 7.11 Å². The van der Waals surface area contributed by atoms with Gasteiger partial charge < -0.3 is 4.74 Å². The van der Waals surface area contributed by atoms with Gasteiger partial charge >= 0.3 is 0 Å². The average molecular weight is 315 g/mol. The zero-order valence-electron chi connectivity index (χ0n) is 15.5. The quantitative estimate of drug-likeness (QED) is 0.597. The zero-order valence-corrected chi connectivity index (χ0v) is 15.5. The number of hydrogen-bond acceptors (Lipinski definition) is 1. The smallest absolute Gasteiger partial charge is 0.0958 e. The van der Waals surface area contributed by atoms with Gasteiger partial charge in [-0.05, 0) is 84.7 Å². The van der Waals surface area contributed by atoms with Crippen LogP contribution in [0.2, 0.25) is 0 Å². The normalized spacial score (nSPS) is 48.7. The molecule has 1 heteroatoms. The predicted octanol–water partition coefficient (Wildman–Crippen LogP) is 6.12. The Balaban J connectivity index is 1.67. The molecule has 0 saturated heterocycles. The van der Waals surface area contributed by atoms with Crippen LogP contribution in [0.25, 0.3) is 0 Å². The third-order valence-electron chi connectivity index (χ3n) is 8.68. The maximum Gasteiger partial charge on any atom is 0.0958 e. The van der Waals surface area contributed by atoms with Gasteiger partial charge in [-0.1, -0.05) is 33.3 Å². The second-order valence-electron chi connectivity index (χ2n) is 9.23. The summed E-state index contributed by atoms with van der Waals surface area (Å²) in [7, 11) is 1.83. The standard InChI is InChI=1S/C22H34O/c1-5-15-7-9-19-18-8-6-16-14-17(23-4)10-12-22(16,3)20(18)11-13-21(15,19)2/h6,14-15,18-20H,5,7-13H2,1-4H3/t15-,18?,19?,20?,21+,22-/m0/s1. The van der Waals surface area contributed by atoms with Crippen LogP contribution in [0.5, 0.6) is 0 Å². The summed E-state index contributed by atoms with van der Waals surface area (Å²) in [6.45, 7) is 7.62. The molecule has 0 aromatic heterocycles. The van der Waals surface area contributed by atoms with Crippen LogP contribution >= 0.6 is 0 Å². The molecule has 4 rings (SSSR count). The molecule has 0 aliphatic heterocycles. The van der Waals surface area contributed by atoms with Gasteiger partial charge in [-0.25, -0.2) is 0 Å². The lowest BCUT2D eigenvalue weighted by atomic mass is 9.48. The minimum Gasteiger partial charge on any atom is -0.501 e. The Hall–Kier alpha value is -0.720. The lowest BCUT2D eigenvalue weighted by molar-refractivity contribution is -0.0376. The molecule has 0 heterocycles. The van der Waals surface area contributed by atoms with Crippen molar-refractivity contribution >= 4 is 0 Å². The zero-order chi connectivity index (χ0) is 16.2. The largest absolute Gasteiger partial charge is 0.501 e. The molecule has 4 aliphatic rings. The molecular weight excluding hydrogens is 280 g/mol. The van der Waals surface area contributed by atoms with E-state index in [0.29, 0.717) is 10.8 Å². The molecule has 1 nitrogen and oxygen atoms in total. The summed E-state index contributed by atoms with van der Waals surface area (Å²) < 4.78 is 5.56. The van der Waals surface area contributed by atoms with E-state index in [4.69, 9.17) is 4.74 Å². The molecule has 0 spiro atoms. The van der Waals surface area contributed by atoms with Gasteiger partial charge in [0.25, 0.3) is 0 Å². The number of hydrogen-bond donors (Lipinski definition) is 0. The summed E-state index contributed by atoms with van der Waals surface area (Å²) in [4.78, 5) is 0. The average Bonchev–Trinajstić information content (AvgIpc) is 2.90. The molecule has 0 radical (unpaired) electrons. The van der Waals surface area contributed by atoms with Crippen molar-refractivity contribution in [2.75, 3.05) is 7.11 Å². The van der Waals surface area contributed by atoms with Crippen LogP contribution in [0.1, 0.15) is 72.1 Å². The molecule has 0 N–H and O–H groups in total. The highest BCUT2D eigenvalue weighted by Gasteiger charge is 2.57. The lowest BCUT2D eigenvalue weighted by Crippen LogP contribution is -2.49. The van der Waals surface area contributed by atoms with Crippen molar-refractivity contribution < 1.29 is 4.74 Å². The fourth-order valence-electron chi connectivity index (χ4n) is 7.24. The maximum atomic E-state index is 5.56. The second kappa shape index (κ2) is 5.39. The van der Waals surface area contributed by atoms with E-state index in [-0.39, 0.29) is 0 Å². The highest BCUT2D eigenvalue weighted by Crippen LogP contribution is 2.66. The molecule has 128 valence electrons. The third kappa shape index (κ3) is 2.11. The first kappa shape index (κ1) is 15.8. The molecule has 0 amide bonds. The fraction of sp³-hybridized carbons (Fsp3) is 0.818. The van der Waals surface area contributed by atoms with Crippen molar-refractivity contribution in [2.45, 2.75) is 72.1 Å². The van der Waals surface area contributed by atoms with Gasteiger partial charge in [0.05, 0.1) is 12.9 Å². The van der Waals surface area contributed by atoms with E-state index in [1.54, 1.807) is 5.57 Å². The molecule has 3 unspecified atom stereocenters. The van der Waals surface area contributed by atoms with Gasteiger partial charge in [0.15, 0.2) is 0 Å². The summed E-state index contributed by atoms with van der Waals surface area (Å²) >= 11 is 0. The number of methoxy groups -OCH3 is 1. The summed E-state index contributed by atoms with van der Waals surface area (Å²) in [5.41, 5.74) is 2.65. The van der Waals surface area contributed by atoms with Crippen LogP contribution in [0.4, 0.5) is 0 Å². The van der Waals surface area contributed by atoms with E-state index >= 15 is 0 Å². The predicted molar refractivity (Wildman–Crippen MR) is 96.0 cm³/mol. The number of ether oxygens (including phenoxy) is 1. The first-order valence-corrected chi connectivity index (χ1v) is 9.98. The van der Waals surface area contributed by atoms with Gasteiger partial charge in [-0.15, -0.1) is 0 Å². The highest BCUT2D eigenvalue weighted by molar-refractivity contribution is 5.35. The lowest BCUT2D eigenvalue weighted by Gasteiger charge is -2.57. The summed E-state index contributed by atoms with van der Waals surface area (Å²) in [6, 6.07) is 0. The van der Waals surface area contributed by atoms with Gasteiger partial charge in [-0.3, -0.25) is 0 Å². The van der Waals surface area contributed by atoms with Crippen LogP contribution in [-0.2, 0) is 4.74 Å². The van der Waals surface area contributed by atoms with Crippen LogP contribution in [0, 0.1) is 34.5 Å². The van der Waals surface area contributed by atoms with Crippen molar-refractivity contribution in [3.63, 3.8) is 0 Å².